The molecule has 2 aromatic rings. The summed E-state index contributed by atoms with van der Waals surface area (Å²) in [4.78, 5) is 27.5. The maximum absolute atomic E-state index is 13.8. The Hall–Kier alpha value is -3.78. The van der Waals surface area contributed by atoms with Gasteiger partial charge in [-0.1, -0.05) is 50.3 Å². The van der Waals surface area contributed by atoms with Gasteiger partial charge in [-0.25, -0.2) is 8.78 Å². The molecule has 0 aromatic heterocycles. The van der Waals surface area contributed by atoms with Gasteiger partial charge in [-0.05, 0) is 82.1 Å². The van der Waals surface area contributed by atoms with Gasteiger partial charge >= 0.3 is 0 Å². The Morgan fingerprint density at radius 1 is 1.18 bits per heavy atom. The molecule has 1 atom stereocenters. The van der Waals surface area contributed by atoms with Crippen LogP contribution < -0.4 is 16.4 Å². The second-order valence-electron chi connectivity index (χ2n) is 9.29. The van der Waals surface area contributed by atoms with Gasteiger partial charge in [-0.2, -0.15) is 0 Å². The zero-order chi connectivity index (χ0) is 29.7. The molecule has 0 saturated carbocycles. The van der Waals surface area contributed by atoms with Crippen LogP contribution in [0, 0.1) is 5.82 Å². The molecule has 4 rings (SSSR count). The average molecular weight is 553 g/mol. The molecule has 40 heavy (non-hydrogen) atoms. The maximum Gasteiger partial charge on any atom is 0.256 e. The van der Waals surface area contributed by atoms with Crippen LogP contribution in [0.2, 0.25) is 0 Å². The topological polar surface area (TPSA) is 87.5 Å². The fraction of sp³-hybridized carbons (Fsp3) is 0.375. The van der Waals surface area contributed by atoms with Crippen molar-refractivity contribution in [2.24, 2.45) is 5.73 Å². The van der Waals surface area contributed by atoms with E-state index in [1.807, 2.05) is 40.0 Å². The van der Waals surface area contributed by atoms with E-state index >= 15 is 0 Å². The highest BCUT2D eigenvalue weighted by atomic mass is 19.1. The Balaban J connectivity index is 0.000000545. The van der Waals surface area contributed by atoms with E-state index < -0.39 is 6.17 Å². The van der Waals surface area contributed by atoms with Gasteiger partial charge in [-0.3, -0.25) is 9.59 Å². The quantitative estimate of drug-likeness (QED) is 0.281. The molecule has 1 saturated heterocycles. The highest BCUT2D eigenvalue weighted by Crippen LogP contribution is 2.40. The van der Waals surface area contributed by atoms with E-state index in [0.717, 1.165) is 19.4 Å². The lowest BCUT2D eigenvalue weighted by Gasteiger charge is -2.17. The van der Waals surface area contributed by atoms with Gasteiger partial charge in [0.1, 0.15) is 5.82 Å². The predicted molar refractivity (Wildman–Crippen MR) is 161 cm³/mol. The van der Waals surface area contributed by atoms with Gasteiger partial charge in [0.15, 0.2) is 0 Å². The first kappa shape index (κ1) is 32.4. The van der Waals surface area contributed by atoms with Crippen LogP contribution in [0.25, 0.3) is 16.7 Å². The van der Waals surface area contributed by atoms with E-state index in [2.05, 4.69) is 10.6 Å². The van der Waals surface area contributed by atoms with Crippen LogP contribution in [0.3, 0.4) is 0 Å². The summed E-state index contributed by atoms with van der Waals surface area (Å²) in [7, 11) is 1.82. The minimum absolute atomic E-state index is 0.137. The summed E-state index contributed by atoms with van der Waals surface area (Å²) in [6, 6.07) is 11.7. The highest BCUT2D eigenvalue weighted by Gasteiger charge is 2.28. The van der Waals surface area contributed by atoms with Crippen molar-refractivity contribution in [3.8, 4) is 11.1 Å². The number of nitrogens with two attached hydrogens (primary N) is 1. The minimum Gasteiger partial charge on any atom is -0.398 e. The van der Waals surface area contributed by atoms with Crippen LogP contribution in [0.5, 0.6) is 0 Å². The van der Waals surface area contributed by atoms with Crippen molar-refractivity contribution in [2.45, 2.75) is 53.1 Å². The molecule has 0 aliphatic carbocycles. The third-order valence-electron chi connectivity index (χ3n) is 6.32. The van der Waals surface area contributed by atoms with E-state index in [0.29, 0.717) is 53.0 Å². The number of benzene rings is 2. The van der Waals surface area contributed by atoms with Crippen molar-refractivity contribution in [2.75, 3.05) is 32.0 Å². The number of hydrogen-bond donors (Lipinski definition) is 3. The van der Waals surface area contributed by atoms with Gasteiger partial charge in [0, 0.05) is 30.0 Å². The second kappa shape index (κ2) is 16.4. The molecule has 0 unspecified atom stereocenters. The number of nitrogens with zero attached hydrogens (tertiary/aromatic N) is 1. The van der Waals surface area contributed by atoms with Crippen molar-refractivity contribution in [3.63, 3.8) is 0 Å². The van der Waals surface area contributed by atoms with Crippen LogP contribution in [0.15, 0.2) is 72.0 Å². The molecule has 8 heteroatoms. The average Bonchev–Trinajstić information content (AvgIpc) is 3.60. The summed E-state index contributed by atoms with van der Waals surface area (Å²) in [5.74, 6) is -0.804. The Bertz CT molecular complexity index is 1250. The van der Waals surface area contributed by atoms with E-state index in [4.69, 9.17) is 5.73 Å². The highest BCUT2D eigenvalue weighted by molar-refractivity contribution is 6.33. The van der Waals surface area contributed by atoms with Crippen LogP contribution in [0.1, 0.15) is 52.5 Å². The minimum atomic E-state index is -0.660. The number of halogens is 2. The molecule has 2 amide bonds. The number of anilines is 1. The summed E-state index contributed by atoms with van der Waals surface area (Å²) in [5, 5.41) is 5.70. The van der Waals surface area contributed by atoms with Crippen molar-refractivity contribution >= 4 is 23.1 Å². The molecule has 0 spiro atoms. The number of fused-ring (bicyclic) bond motifs is 1. The molecule has 1 fully saturated rings. The molecule has 2 aromatic carbocycles. The van der Waals surface area contributed by atoms with E-state index in [1.54, 1.807) is 48.3 Å². The first-order chi connectivity index (χ1) is 19.3. The fourth-order valence-electron chi connectivity index (χ4n) is 4.41. The lowest BCUT2D eigenvalue weighted by atomic mass is 9.94. The van der Waals surface area contributed by atoms with Gasteiger partial charge in [-0.15, -0.1) is 0 Å². The Morgan fingerprint density at radius 3 is 2.42 bits per heavy atom. The van der Waals surface area contributed by atoms with Gasteiger partial charge in [0.05, 0.1) is 17.3 Å². The summed E-state index contributed by atoms with van der Waals surface area (Å²) in [5.41, 5.74) is 9.93. The number of rotatable bonds is 7. The Kier molecular flexibility index (Phi) is 13.3. The molecule has 2 aliphatic rings. The van der Waals surface area contributed by atoms with E-state index in [1.165, 1.54) is 12.1 Å². The predicted octanol–water partition coefficient (Wildman–Crippen LogP) is 6.22. The number of hydrogen-bond acceptors (Lipinski definition) is 4. The summed E-state index contributed by atoms with van der Waals surface area (Å²) in [6.45, 7) is 9.57. The number of allylic oxidation sites excluding steroid dienone is 2. The number of nitrogens with one attached hydrogen (secondary N) is 2. The summed E-state index contributed by atoms with van der Waals surface area (Å²) < 4.78 is 25.7. The number of carbonyl (C=O) groups is 2. The molecule has 216 valence electrons. The normalized spacial score (nSPS) is 16.4. The molecule has 2 heterocycles. The number of carbonyl (C=O) groups excluding carboxylic acids is 2. The molecule has 6 nitrogen and oxygen atoms in total. The molecule has 0 radical (unpaired) electrons. The van der Waals surface area contributed by atoms with Crippen molar-refractivity contribution in [3.05, 3.63) is 83.3 Å². The summed E-state index contributed by atoms with van der Waals surface area (Å²) in [6.07, 6.45) is 6.90. The van der Waals surface area contributed by atoms with Crippen LogP contribution >= 0.6 is 0 Å². The molecule has 0 bridgehead atoms. The van der Waals surface area contributed by atoms with Crippen molar-refractivity contribution < 1.29 is 18.4 Å². The SMILES string of the molecule is C/C=C/C(C(=O)N1CCCC1)=C(N)/C=C1\C(=O)Nc2cccc(-c3cccc(F)c3)c21.CC.CNCC[C@@H](C)F. The standard InChI is InChI=1S/C25H24FN3O2.C5H12FN.C2H6/c1-2-7-19(25(31)29-12-3-4-13-29)21(27)15-20-23-18(16-8-5-9-17(26)14-16)10-6-11-22(23)28-24(20)30;1-5(6)3-4-7-2;1-2/h2,5-11,14-15H,3-4,12-13,27H2,1H3,(H,28,30);5,7H,3-4H2,1-2H3;1-2H3/b7-2+,20-15-,21-19+;;/t;5-;/m.1./s1. The van der Waals surface area contributed by atoms with Crippen molar-refractivity contribution in [1.29, 1.82) is 0 Å². The Morgan fingerprint density at radius 2 is 1.85 bits per heavy atom. The third kappa shape index (κ3) is 8.61. The third-order valence-corrected chi connectivity index (χ3v) is 6.32. The molecular weight excluding hydrogens is 510 g/mol. The van der Waals surface area contributed by atoms with Crippen LogP contribution in [-0.4, -0.2) is 49.6 Å². The van der Waals surface area contributed by atoms with Crippen molar-refractivity contribution in [1.82, 2.24) is 10.2 Å². The summed E-state index contributed by atoms with van der Waals surface area (Å²) >= 11 is 0. The lowest BCUT2D eigenvalue weighted by molar-refractivity contribution is -0.125. The number of amides is 2. The zero-order valence-corrected chi connectivity index (χ0v) is 24.2. The van der Waals surface area contributed by atoms with Gasteiger partial charge < -0.3 is 21.3 Å². The first-order valence-corrected chi connectivity index (χ1v) is 13.9. The number of likely N-dealkylation sites (tertiary alicyclic amines) is 1. The monoisotopic (exact) mass is 552 g/mol. The van der Waals surface area contributed by atoms with E-state index in [-0.39, 0.29) is 23.3 Å². The lowest BCUT2D eigenvalue weighted by Crippen LogP contribution is -2.30. The first-order valence-electron chi connectivity index (χ1n) is 13.9. The second-order valence-corrected chi connectivity index (χ2v) is 9.29. The van der Waals surface area contributed by atoms with Gasteiger partial charge in [0.2, 0.25) is 0 Å². The molecule has 2 aliphatic heterocycles. The zero-order valence-electron chi connectivity index (χ0n) is 24.2. The van der Waals surface area contributed by atoms with Crippen LogP contribution in [-0.2, 0) is 9.59 Å². The smallest absolute Gasteiger partial charge is 0.256 e. The van der Waals surface area contributed by atoms with E-state index in [9.17, 15) is 18.4 Å². The Labute approximate surface area is 237 Å². The van der Waals surface area contributed by atoms with Crippen LogP contribution in [0.4, 0.5) is 14.5 Å². The molecular formula is C32H42F2N4O2. The largest absolute Gasteiger partial charge is 0.398 e. The fourth-order valence-corrected chi connectivity index (χ4v) is 4.41. The maximum atomic E-state index is 13.8. The number of alkyl halides is 1. The van der Waals surface area contributed by atoms with Gasteiger partial charge in [0.25, 0.3) is 11.8 Å². The molecule has 4 N–H and O–H groups in total.